The van der Waals surface area contributed by atoms with E-state index in [9.17, 15) is 9.18 Å². The standard InChI is InChI=1S/C19H15ClFN3O2/c1-2-14-6-16(26-17-5-13(21)10-22-11-17)8-18(24-14)19(25)7-15-4-3-12(20)9-23-15/h3-6,8-11H,2,7H2,1H3. The highest BCUT2D eigenvalue weighted by Gasteiger charge is 2.13. The number of hydrogen-bond donors (Lipinski definition) is 0. The number of Topliss-reactive ketones (excluding diaryl/α,β-unsaturated/α-hetero) is 1. The first-order valence-electron chi connectivity index (χ1n) is 7.96. The molecular weight excluding hydrogens is 357 g/mol. The van der Waals surface area contributed by atoms with Crippen LogP contribution in [-0.2, 0) is 12.8 Å². The van der Waals surface area contributed by atoms with Gasteiger partial charge in [0, 0.05) is 35.8 Å². The van der Waals surface area contributed by atoms with Crippen LogP contribution in [0.2, 0.25) is 5.02 Å². The Balaban J connectivity index is 1.84. The first-order chi connectivity index (χ1) is 12.5. The molecule has 0 aliphatic carbocycles. The van der Waals surface area contributed by atoms with Gasteiger partial charge in [0.25, 0.3) is 0 Å². The minimum absolute atomic E-state index is 0.0955. The van der Waals surface area contributed by atoms with Crippen molar-refractivity contribution in [2.75, 3.05) is 0 Å². The molecule has 0 saturated carbocycles. The maximum Gasteiger partial charge on any atom is 0.187 e. The first kappa shape index (κ1) is 17.9. The molecule has 0 atom stereocenters. The fourth-order valence-corrected chi connectivity index (χ4v) is 2.40. The summed E-state index contributed by atoms with van der Waals surface area (Å²) in [7, 11) is 0. The second kappa shape index (κ2) is 8.01. The van der Waals surface area contributed by atoms with Crippen molar-refractivity contribution < 1.29 is 13.9 Å². The van der Waals surface area contributed by atoms with Crippen LogP contribution >= 0.6 is 11.6 Å². The van der Waals surface area contributed by atoms with Gasteiger partial charge >= 0.3 is 0 Å². The molecule has 26 heavy (non-hydrogen) atoms. The van der Waals surface area contributed by atoms with E-state index in [1.54, 1.807) is 18.2 Å². The zero-order chi connectivity index (χ0) is 18.5. The van der Waals surface area contributed by atoms with Crippen molar-refractivity contribution in [3.63, 3.8) is 0 Å². The van der Waals surface area contributed by atoms with Gasteiger partial charge in [0.15, 0.2) is 5.78 Å². The Bertz CT molecular complexity index is 932. The molecule has 0 aliphatic heterocycles. The van der Waals surface area contributed by atoms with Gasteiger partial charge < -0.3 is 4.74 Å². The topological polar surface area (TPSA) is 65.0 Å². The van der Waals surface area contributed by atoms with Gasteiger partial charge in [-0.05, 0) is 18.6 Å². The Labute approximate surface area is 154 Å². The number of carbonyl (C=O) groups excluding carboxylic acids is 1. The molecule has 0 amide bonds. The summed E-state index contributed by atoms with van der Waals surface area (Å²) in [6.07, 6.45) is 4.70. The van der Waals surface area contributed by atoms with Crippen molar-refractivity contribution >= 4 is 17.4 Å². The Kier molecular flexibility index (Phi) is 5.53. The van der Waals surface area contributed by atoms with E-state index in [-0.39, 0.29) is 23.6 Å². The molecule has 5 nitrogen and oxygen atoms in total. The zero-order valence-corrected chi connectivity index (χ0v) is 14.7. The smallest absolute Gasteiger partial charge is 0.187 e. The van der Waals surface area contributed by atoms with Crippen molar-refractivity contribution in [2.45, 2.75) is 19.8 Å². The molecule has 3 aromatic rings. The summed E-state index contributed by atoms with van der Waals surface area (Å²) in [5, 5.41) is 0.506. The lowest BCUT2D eigenvalue weighted by atomic mass is 10.1. The maximum absolute atomic E-state index is 13.3. The third-order valence-corrected chi connectivity index (χ3v) is 3.77. The van der Waals surface area contributed by atoms with Crippen molar-refractivity contribution in [3.8, 4) is 11.5 Å². The molecule has 0 radical (unpaired) electrons. The zero-order valence-electron chi connectivity index (χ0n) is 13.9. The summed E-state index contributed by atoms with van der Waals surface area (Å²) in [5.41, 5.74) is 1.56. The average Bonchev–Trinajstić information content (AvgIpc) is 2.63. The number of hydrogen-bond acceptors (Lipinski definition) is 5. The molecule has 3 heterocycles. The number of aryl methyl sites for hydroxylation is 1. The van der Waals surface area contributed by atoms with Gasteiger partial charge in [0.2, 0.25) is 0 Å². The second-order valence-corrected chi connectivity index (χ2v) is 5.98. The summed E-state index contributed by atoms with van der Waals surface area (Å²) >= 11 is 5.81. The van der Waals surface area contributed by atoms with Gasteiger partial charge in [-0.2, -0.15) is 0 Å². The van der Waals surface area contributed by atoms with Crippen LogP contribution < -0.4 is 4.74 Å². The van der Waals surface area contributed by atoms with E-state index in [0.29, 0.717) is 28.6 Å². The predicted molar refractivity (Wildman–Crippen MR) is 95.2 cm³/mol. The Morgan fingerprint density at radius 3 is 2.65 bits per heavy atom. The van der Waals surface area contributed by atoms with Crippen LogP contribution in [0.3, 0.4) is 0 Å². The first-order valence-corrected chi connectivity index (χ1v) is 8.34. The maximum atomic E-state index is 13.3. The Hall–Kier alpha value is -2.86. The van der Waals surface area contributed by atoms with E-state index >= 15 is 0 Å². The highest BCUT2D eigenvalue weighted by atomic mass is 35.5. The number of ether oxygens (including phenoxy) is 1. The van der Waals surface area contributed by atoms with E-state index < -0.39 is 5.82 Å². The molecule has 0 unspecified atom stereocenters. The summed E-state index contributed by atoms with van der Waals surface area (Å²) in [6, 6.07) is 7.83. The second-order valence-electron chi connectivity index (χ2n) is 5.54. The van der Waals surface area contributed by atoms with Crippen molar-refractivity contribution in [3.05, 3.63) is 76.8 Å². The normalized spacial score (nSPS) is 10.6. The molecule has 0 aromatic carbocycles. The Morgan fingerprint density at radius 2 is 1.96 bits per heavy atom. The Morgan fingerprint density at radius 1 is 1.12 bits per heavy atom. The summed E-state index contributed by atoms with van der Waals surface area (Å²) in [4.78, 5) is 24.8. The molecule has 0 spiro atoms. The quantitative estimate of drug-likeness (QED) is 0.599. The van der Waals surface area contributed by atoms with Crippen LogP contribution in [-0.4, -0.2) is 20.7 Å². The third-order valence-electron chi connectivity index (χ3n) is 3.55. The predicted octanol–water partition coefficient (Wildman–Crippen LogP) is 4.44. The molecule has 0 aliphatic rings. The number of nitrogens with zero attached hydrogens (tertiary/aromatic N) is 3. The minimum Gasteiger partial charge on any atom is -0.455 e. The van der Waals surface area contributed by atoms with Crippen molar-refractivity contribution in [1.82, 2.24) is 15.0 Å². The number of ketones is 1. The summed E-state index contributed by atoms with van der Waals surface area (Å²) < 4.78 is 18.9. The van der Waals surface area contributed by atoms with Crippen molar-refractivity contribution in [2.24, 2.45) is 0 Å². The number of rotatable bonds is 6. The van der Waals surface area contributed by atoms with Crippen LogP contribution in [0.25, 0.3) is 0 Å². The van der Waals surface area contributed by atoms with Gasteiger partial charge in [0.05, 0.1) is 23.8 Å². The summed E-state index contributed by atoms with van der Waals surface area (Å²) in [6.45, 7) is 1.92. The minimum atomic E-state index is -0.502. The lowest BCUT2D eigenvalue weighted by Crippen LogP contribution is -2.09. The molecule has 0 fully saturated rings. The fraction of sp³-hybridized carbons (Fsp3) is 0.158. The highest BCUT2D eigenvalue weighted by molar-refractivity contribution is 6.30. The van der Waals surface area contributed by atoms with Gasteiger partial charge in [-0.1, -0.05) is 18.5 Å². The monoisotopic (exact) mass is 371 g/mol. The number of carbonyl (C=O) groups is 1. The number of aromatic nitrogens is 3. The van der Waals surface area contributed by atoms with Crippen LogP contribution in [0.5, 0.6) is 11.5 Å². The molecular formula is C19H15ClFN3O2. The number of halogens is 2. The van der Waals surface area contributed by atoms with E-state index in [2.05, 4.69) is 15.0 Å². The third kappa shape index (κ3) is 4.61. The van der Waals surface area contributed by atoms with E-state index in [4.69, 9.17) is 16.3 Å². The lowest BCUT2D eigenvalue weighted by molar-refractivity contribution is 0.0986. The van der Waals surface area contributed by atoms with Gasteiger partial charge in [-0.3, -0.25) is 14.8 Å². The molecule has 0 saturated heterocycles. The fourth-order valence-electron chi connectivity index (χ4n) is 2.29. The van der Waals surface area contributed by atoms with Crippen molar-refractivity contribution in [1.29, 1.82) is 0 Å². The molecule has 7 heteroatoms. The largest absolute Gasteiger partial charge is 0.455 e. The molecule has 0 N–H and O–H groups in total. The van der Waals surface area contributed by atoms with Gasteiger partial charge in [-0.15, -0.1) is 0 Å². The molecule has 0 bridgehead atoms. The SMILES string of the molecule is CCc1cc(Oc2cncc(F)c2)cc(C(=O)Cc2ccc(Cl)cn2)n1. The molecule has 132 valence electrons. The molecule has 3 aromatic heterocycles. The van der Waals surface area contributed by atoms with Crippen LogP contribution in [0.1, 0.15) is 28.8 Å². The average molecular weight is 372 g/mol. The van der Waals surface area contributed by atoms with Gasteiger partial charge in [0.1, 0.15) is 23.0 Å². The van der Waals surface area contributed by atoms with Crippen LogP contribution in [0.15, 0.2) is 48.9 Å². The molecule has 3 rings (SSSR count). The van der Waals surface area contributed by atoms with E-state index in [1.807, 2.05) is 6.92 Å². The number of pyridine rings is 3. The van der Waals surface area contributed by atoms with E-state index in [1.165, 1.54) is 24.5 Å². The summed E-state index contributed by atoms with van der Waals surface area (Å²) in [5.74, 6) is -0.0533. The lowest BCUT2D eigenvalue weighted by Gasteiger charge is -2.09. The van der Waals surface area contributed by atoms with E-state index in [0.717, 1.165) is 6.20 Å². The van der Waals surface area contributed by atoms with Crippen LogP contribution in [0, 0.1) is 5.82 Å². The van der Waals surface area contributed by atoms with Crippen LogP contribution in [0.4, 0.5) is 4.39 Å². The highest BCUT2D eigenvalue weighted by Crippen LogP contribution is 2.23. The van der Waals surface area contributed by atoms with Gasteiger partial charge in [-0.25, -0.2) is 9.37 Å².